The second kappa shape index (κ2) is 7.74. The summed E-state index contributed by atoms with van der Waals surface area (Å²) in [6.45, 7) is 1.98. The molecule has 0 saturated heterocycles. The summed E-state index contributed by atoms with van der Waals surface area (Å²) in [6, 6.07) is 7.64. The van der Waals surface area contributed by atoms with E-state index in [0.717, 1.165) is 30.2 Å². The molecule has 7 heteroatoms. The molecule has 0 saturated carbocycles. The number of benzene rings is 1. The lowest BCUT2D eigenvalue weighted by Gasteiger charge is -2.20. The highest BCUT2D eigenvalue weighted by Crippen LogP contribution is 2.25. The first-order valence-corrected chi connectivity index (χ1v) is 9.40. The van der Waals surface area contributed by atoms with Gasteiger partial charge in [0.1, 0.15) is 5.82 Å². The summed E-state index contributed by atoms with van der Waals surface area (Å²) in [5.74, 6) is 0.205. The molecule has 2 aromatic rings. The van der Waals surface area contributed by atoms with E-state index in [-0.39, 0.29) is 29.1 Å². The van der Waals surface area contributed by atoms with E-state index in [4.69, 9.17) is 5.73 Å². The van der Waals surface area contributed by atoms with E-state index in [1.165, 1.54) is 30.0 Å². The highest BCUT2D eigenvalue weighted by atomic mass is 32.2. The van der Waals surface area contributed by atoms with Crippen molar-refractivity contribution in [1.29, 1.82) is 0 Å². The number of aromatic amines is 1. The zero-order valence-corrected chi connectivity index (χ0v) is 15.0. The molecular formula is C18H22N4O2S. The summed E-state index contributed by atoms with van der Waals surface area (Å²) in [6.07, 6.45) is 4.77. The molecule has 1 aromatic carbocycles. The fraction of sp³-hybridized carbons (Fsp3) is 0.389. The number of hydrogen-bond acceptors (Lipinski definition) is 5. The minimum atomic E-state index is -0.321. The predicted octanol–water partition coefficient (Wildman–Crippen LogP) is 2.20. The van der Waals surface area contributed by atoms with E-state index in [2.05, 4.69) is 33.5 Å². The summed E-state index contributed by atoms with van der Waals surface area (Å²) in [4.78, 5) is 30.1. The summed E-state index contributed by atoms with van der Waals surface area (Å²) < 4.78 is 0. The number of carbonyl (C=O) groups is 1. The number of amides is 1. The first kappa shape index (κ1) is 17.5. The van der Waals surface area contributed by atoms with Crippen molar-refractivity contribution < 1.29 is 4.79 Å². The number of nitrogen functional groups attached to an aromatic ring is 1. The Hall–Kier alpha value is -2.28. The van der Waals surface area contributed by atoms with Crippen LogP contribution in [0.25, 0.3) is 0 Å². The van der Waals surface area contributed by atoms with Gasteiger partial charge in [0.15, 0.2) is 5.16 Å². The van der Waals surface area contributed by atoms with Crippen LogP contribution in [0.3, 0.4) is 0 Å². The van der Waals surface area contributed by atoms with E-state index in [1.807, 2.05) is 6.92 Å². The van der Waals surface area contributed by atoms with Gasteiger partial charge in [-0.1, -0.05) is 30.0 Å². The van der Waals surface area contributed by atoms with Crippen molar-refractivity contribution in [3.8, 4) is 0 Å². The van der Waals surface area contributed by atoms with Crippen molar-refractivity contribution in [2.45, 2.75) is 43.8 Å². The molecule has 0 fully saturated rings. The summed E-state index contributed by atoms with van der Waals surface area (Å²) in [5, 5.41) is 3.34. The molecule has 132 valence electrons. The van der Waals surface area contributed by atoms with Crippen molar-refractivity contribution >= 4 is 23.5 Å². The Balaban J connectivity index is 1.58. The first-order chi connectivity index (χ1) is 12.0. The molecule has 0 unspecified atom stereocenters. The molecule has 0 bridgehead atoms. The average Bonchev–Trinajstić information content (AvgIpc) is 2.58. The SMILES string of the molecule is C[C@H](NC(=O)CSc1nc(N)cc(=O)[nH]1)c1ccc2c(c1)CCCC2. The molecule has 1 amide bonds. The molecule has 0 radical (unpaired) electrons. The number of nitrogens with one attached hydrogen (secondary N) is 2. The summed E-state index contributed by atoms with van der Waals surface area (Å²) in [7, 11) is 0. The maximum absolute atomic E-state index is 12.2. The van der Waals surface area contributed by atoms with Crippen molar-refractivity contribution in [1.82, 2.24) is 15.3 Å². The Morgan fingerprint density at radius 3 is 2.84 bits per heavy atom. The smallest absolute Gasteiger partial charge is 0.253 e. The quantitative estimate of drug-likeness (QED) is 0.562. The van der Waals surface area contributed by atoms with Crippen LogP contribution in [0.2, 0.25) is 0 Å². The van der Waals surface area contributed by atoms with E-state index >= 15 is 0 Å². The molecular weight excluding hydrogens is 336 g/mol. The predicted molar refractivity (Wildman–Crippen MR) is 99.6 cm³/mol. The molecule has 1 aliphatic carbocycles. The lowest BCUT2D eigenvalue weighted by atomic mass is 9.89. The number of H-pyrrole nitrogens is 1. The minimum Gasteiger partial charge on any atom is -0.383 e. The molecule has 0 spiro atoms. The van der Waals surface area contributed by atoms with Gasteiger partial charge in [-0.25, -0.2) is 4.98 Å². The van der Waals surface area contributed by atoms with Crippen LogP contribution >= 0.6 is 11.8 Å². The Labute approximate surface area is 150 Å². The number of rotatable bonds is 5. The van der Waals surface area contributed by atoms with Crippen LogP contribution in [0, 0.1) is 0 Å². The number of nitrogens with two attached hydrogens (primary N) is 1. The fourth-order valence-electron chi connectivity index (χ4n) is 3.04. The largest absolute Gasteiger partial charge is 0.383 e. The third-order valence-corrected chi connectivity index (χ3v) is 5.20. The van der Waals surface area contributed by atoms with E-state index in [9.17, 15) is 9.59 Å². The zero-order valence-electron chi connectivity index (χ0n) is 14.2. The molecule has 3 rings (SSSR count). The number of aromatic nitrogens is 2. The van der Waals surface area contributed by atoms with Crippen LogP contribution < -0.4 is 16.6 Å². The van der Waals surface area contributed by atoms with Gasteiger partial charge in [0.2, 0.25) is 5.91 Å². The molecule has 25 heavy (non-hydrogen) atoms. The maximum Gasteiger partial charge on any atom is 0.253 e. The number of anilines is 1. The standard InChI is InChI=1S/C18H22N4O2S/c1-11(13-7-6-12-4-2-3-5-14(12)8-13)20-17(24)10-25-18-21-15(19)9-16(23)22-18/h6-9,11H,2-5,10H2,1H3,(H,20,24)(H3,19,21,22,23)/t11-/m0/s1. The van der Waals surface area contributed by atoms with Gasteiger partial charge in [0.05, 0.1) is 11.8 Å². The lowest BCUT2D eigenvalue weighted by Crippen LogP contribution is -2.28. The summed E-state index contributed by atoms with van der Waals surface area (Å²) >= 11 is 1.16. The van der Waals surface area contributed by atoms with Crippen molar-refractivity contribution in [2.75, 3.05) is 11.5 Å². The number of carbonyl (C=O) groups excluding carboxylic acids is 1. The van der Waals surface area contributed by atoms with Crippen LogP contribution in [0.1, 0.15) is 42.5 Å². The van der Waals surface area contributed by atoms with E-state index in [0.29, 0.717) is 5.16 Å². The van der Waals surface area contributed by atoms with Crippen LogP contribution in [0.15, 0.2) is 34.2 Å². The first-order valence-electron chi connectivity index (χ1n) is 8.42. The molecule has 1 aromatic heterocycles. The van der Waals surface area contributed by atoms with Gasteiger partial charge in [-0.3, -0.25) is 9.59 Å². The Morgan fingerprint density at radius 2 is 2.08 bits per heavy atom. The zero-order chi connectivity index (χ0) is 17.8. The van der Waals surface area contributed by atoms with E-state index < -0.39 is 0 Å². The van der Waals surface area contributed by atoms with Crippen molar-refractivity contribution in [2.24, 2.45) is 0 Å². The van der Waals surface area contributed by atoms with Crippen LogP contribution in [-0.2, 0) is 17.6 Å². The monoisotopic (exact) mass is 358 g/mol. The van der Waals surface area contributed by atoms with Crippen LogP contribution in [0.4, 0.5) is 5.82 Å². The van der Waals surface area contributed by atoms with Crippen LogP contribution in [-0.4, -0.2) is 21.6 Å². The fourth-order valence-corrected chi connectivity index (χ4v) is 3.74. The molecule has 4 N–H and O–H groups in total. The highest BCUT2D eigenvalue weighted by Gasteiger charge is 2.14. The van der Waals surface area contributed by atoms with Crippen molar-refractivity contribution in [3.63, 3.8) is 0 Å². The number of thioether (sulfide) groups is 1. The summed E-state index contributed by atoms with van der Waals surface area (Å²) in [5.41, 5.74) is 9.17. The molecule has 1 aliphatic rings. The second-order valence-corrected chi connectivity index (χ2v) is 7.25. The van der Waals surface area contributed by atoms with Gasteiger partial charge in [-0.15, -0.1) is 0 Å². The normalized spacial score (nSPS) is 14.6. The minimum absolute atomic E-state index is 0.0619. The molecule has 0 aliphatic heterocycles. The van der Waals surface area contributed by atoms with Gasteiger partial charge in [0, 0.05) is 6.07 Å². The molecule has 1 heterocycles. The number of hydrogen-bond donors (Lipinski definition) is 3. The molecule has 1 atom stereocenters. The Kier molecular flexibility index (Phi) is 5.43. The van der Waals surface area contributed by atoms with Gasteiger partial charge in [-0.2, -0.15) is 0 Å². The Bertz CT molecular complexity index is 834. The van der Waals surface area contributed by atoms with Gasteiger partial charge < -0.3 is 16.0 Å². The topological polar surface area (TPSA) is 101 Å². The lowest BCUT2D eigenvalue weighted by molar-refractivity contribution is -0.119. The van der Waals surface area contributed by atoms with Crippen LogP contribution in [0.5, 0.6) is 0 Å². The number of nitrogens with zero attached hydrogens (tertiary/aromatic N) is 1. The van der Waals surface area contributed by atoms with Gasteiger partial charge >= 0.3 is 0 Å². The van der Waals surface area contributed by atoms with Gasteiger partial charge in [0.25, 0.3) is 5.56 Å². The second-order valence-electron chi connectivity index (χ2n) is 6.29. The Morgan fingerprint density at radius 1 is 1.32 bits per heavy atom. The third kappa shape index (κ3) is 4.63. The van der Waals surface area contributed by atoms with E-state index in [1.54, 1.807) is 0 Å². The highest BCUT2D eigenvalue weighted by molar-refractivity contribution is 7.99. The van der Waals surface area contributed by atoms with Gasteiger partial charge in [-0.05, 0) is 49.3 Å². The number of aryl methyl sites for hydroxylation is 2. The third-order valence-electron chi connectivity index (χ3n) is 4.33. The average molecular weight is 358 g/mol. The number of fused-ring (bicyclic) bond motifs is 1. The maximum atomic E-state index is 12.2. The molecule has 6 nitrogen and oxygen atoms in total. The van der Waals surface area contributed by atoms with Crippen molar-refractivity contribution in [3.05, 3.63) is 51.3 Å².